The molecule has 0 saturated heterocycles. The Kier molecular flexibility index (Phi) is 9.39. The maximum atomic E-state index is 12.6. The zero-order chi connectivity index (χ0) is 23.7. The number of anilines is 1. The number of carbonyl (C=O) groups is 2. The summed E-state index contributed by atoms with van der Waals surface area (Å²) in [5.74, 6) is -0.723. The van der Waals surface area contributed by atoms with Gasteiger partial charge < -0.3 is 19.5 Å². The first kappa shape index (κ1) is 25.1. The van der Waals surface area contributed by atoms with Crippen LogP contribution < -0.4 is 14.8 Å². The van der Waals surface area contributed by atoms with Crippen molar-refractivity contribution in [1.29, 1.82) is 5.26 Å². The Balaban J connectivity index is 2.31. The Hall–Kier alpha value is -3.21. The molecule has 168 valence electrons. The maximum Gasteiger partial charge on any atom is 0.344 e. The van der Waals surface area contributed by atoms with Crippen molar-refractivity contribution in [2.75, 3.05) is 25.1 Å². The molecule has 0 heterocycles. The second-order valence-corrected chi connectivity index (χ2v) is 7.21. The summed E-state index contributed by atoms with van der Waals surface area (Å²) in [5, 5.41) is 12.8. The lowest BCUT2D eigenvalue weighted by molar-refractivity contribution is -0.145. The average molecular weight is 477 g/mol. The Morgan fingerprint density at radius 2 is 1.88 bits per heavy atom. The van der Waals surface area contributed by atoms with Gasteiger partial charge in [0.1, 0.15) is 11.6 Å². The smallest absolute Gasteiger partial charge is 0.344 e. The lowest BCUT2D eigenvalue weighted by Crippen LogP contribution is -2.15. The van der Waals surface area contributed by atoms with E-state index in [1.54, 1.807) is 45.0 Å². The van der Waals surface area contributed by atoms with Crippen molar-refractivity contribution in [2.24, 2.45) is 0 Å². The van der Waals surface area contributed by atoms with Crippen molar-refractivity contribution in [3.63, 3.8) is 0 Å². The fourth-order valence-corrected chi connectivity index (χ4v) is 3.10. The van der Waals surface area contributed by atoms with E-state index in [0.29, 0.717) is 28.4 Å². The van der Waals surface area contributed by atoms with E-state index in [2.05, 4.69) is 5.32 Å². The Labute approximate surface area is 196 Å². The molecule has 0 aliphatic carbocycles. The molecule has 0 bridgehead atoms. The molecule has 9 heteroatoms. The highest BCUT2D eigenvalue weighted by Gasteiger charge is 2.16. The minimum absolute atomic E-state index is 0.148. The van der Waals surface area contributed by atoms with Crippen LogP contribution in [-0.2, 0) is 14.3 Å². The normalized spacial score (nSPS) is 10.8. The summed E-state index contributed by atoms with van der Waals surface area (Å²) in [6.45, 7) is 5.41. The van der Waals surface area contributed by atoms with Gasteiger partial charge in [-0.2, -0.15) is 5.26 Å². The number of carbonyl (C=O) groups excluding carboxylic acids is 2. The average Bonchev–Trinajstić information content (AvgIpc) is 2.75. The van der Waals surface area contributed by atoms with Crippen molar-refractivity contribution in [1.82, 2.24) is 0 Å². The first-order valence-electron chi connectivity index (χ1n) is 9.73. The molecule has 32 heavy (non-hydrogen) atoms. The van der Waals surface area contributed by atoms with Crippen molar-refractivity contribution in [2.45, 2.75) is 20.8 Å². The van der Waals surface area contributed by atoms with Gasteiger partial charge in [0.15, 0.2) is 18.1 Å². The van der Waals surface area contributed by atoms with E-state index in [1.165, 1.54) is 12.1 Å². The molecule has 0 fully saturated rings. The molecular formula is C23H22Cl2N2O5. The van der Waals surface area contributed by atoms with Crippen LogP contribution in [0.1, 0.15) is 25.0 Å². The number of amides is 1. The van der Waals surface area contributed by atoms with Gasteiger partial charge in [-0.15, -0.1) is 0 Å². The van der Waals surface area contributed by atoms with E-state index in [-0.39, 0.29) is 35.3 Å². The number of hydrogen-bond donors (Lipinski definition) is 1. The number of nitrogens with zero attached hydrogens (tertiary/aromatic N) is 1. The number of hydrogen-bond acceptors (Lipinski definition) is 6. The minimum Gasteiger partial charge on any atom is -0.490 e. The summed E-state index contributed by atoms with van der Waals surface area (Å²) in [7, 11) is 0. The van der Waals surface area contributed by atoms with Crippen LogP contribution >= 0.6 is 23.2 Å². The molecule has 0 aliphatic heterocycles. The first-order chi connectivity index (χ1) is 15.3. The molecule has 0 atom stereocenters. The SMILES string of the molecule is CCOC(=O)COc1c(Cl)cc(/C=C(\C#N)C(=O)Nc2cccc(Cl)c2C)cc1OCC. The van der Waals surface area contributed by atoms with Gasteiger partial charge in [0, 0.05) is 10.7 Å². The van der Waals surface area contributed by atoms with Gasteiger partial charge in [-0.1, -0.05) is 29.3 Å². The molecule has 0 aromatic heterocycles. The highest BCUT2D eigenvalue weighted by Crippen LogP contribution is 2.37. The summed E-state index contributed by atoms with van der Waals surface area (Å²) in [4.78, 5) is 24.2. The van der Waals surface area contributed by atoms with Crippen molar-refractivity contribution < 1.29 is 23.8 Å². The zero-order valence-corrected chi connectivity index (χ0v) is 19.3. The van der Waals surface area contributed by atoms with E-state index < -0.39 is 11.9 Å². The molecular weight excluding hydrogens is 455 g/mol. The monoisotopic (exact) mass is 476 g/mol. The van der Waals surface area contributed by atoms with Crippen molar-refractivity contribution in [3.8, 4) is 17.6 Å². The van der Waals surface area contributed by atoms with Crippen LogP contribution in [0.3, 0.4) is 0 Å². The Bertz CT molecular complexity index is 1080. The van der Waals surface area contributed by atoms with Crippen LogP contribution in [0, 0.1) is 18.3 Å². The van der Waals surface area contributed by atoms with Gasteiger partial charge in [-0.3, -0.25) is 4.79 Å². The number of benzene rings is 2. The van der Waals surface area contributed by atoms with E-state index in [0.717, 1.165) is 0 Å². The highest BCUT2D eigenvalue weighted by molar-refractivity contribution is 6.32. The molecule has 0 aliphatic rings. The highest BCUT2D eigenvalue weighted by atomic mass is 35.5. The zero-order valence-electron chi connectivity index (χ0n) is 17.8. The molecule has 2 aromatic rings. The molecule has 2 rings (SSSR count). The standard InChI is InChI=1S/C23H22Cl2N2O5/c1-4-30-20-11-15(10-18(25)22(20)32-13-21(28)31-5-2)9-16(12-26)23(29)27-19-8-6-7-17(24)14(19)3/h6-11H,4-5,13H2,1-3H3,(H,27,29)/b16-9+. The van der Waals surface area contributed by atoms with Crippen LogP contribution in [0.25, 0.3) is 6.08 Å². The molecule has 0 saturated carbocycles. The van der Waals surface area contributed by atoms with Crippen LogP contribution in [0.2, 0.25) is 10.0 Å². The number of esters is 1. The fourth-order valence-electron chi connectivity index (χ4n) is 2.66. The molecule has 2 aromatic carbocycles. The summed E-state index contributed by atoms with van der Waals surface area (Å²) in [6.07, 6.45) is 1.37. The third-order valence-corrected chi connectivity index (χ3v) is 4.85. The summed E-state index contributed by atoms with van der Waals surface area (Å²) < 4.78 is 15.9. The van der Waals surface area contributed by atoms with Gasteiger partial charge in [-0.25, -0.2) is 4.79 Å². The number of nitrogens with one attached hydrogen (secondary N) is 1. The quantitative estimate of drug-likeness (QED) is 0.303. The van der Waals surface area contributed by atoms with Gasteiger partial charge >= 0.3 is 5.97 Å². The van der Waals surface area contributed by atoms with Crippen LogP contribution in [0.4, 0.5) is 5.69 Å². The number of ether oxygens (including phenoxy) is 3. The van der Waals surface area contributed by atoms with Gasteiger partial charge in [0.2, 0.25) is 0 Å². The van der Waals surface area contributed by atoms with Gasteiger partial charge in [-0.05, 0) is 62.2 Å². The Morgan fingerprint density at radius 3 is 2.53 bits per heavy atom. The van der Waals surface area contributed by atoms with Crippen LogP contribution in [0.15, 0.2) is 35.9 Å². The van der Waals surface area contributed by atoms with Crippen LogP contribution in [-0.4, -0.2) is 31.7 Å². The number of nitriles is 1. The summed E-state index contributed by atoms with van der Waals surface area (Å²) in [5.41, 5.74) is 1.48. The summed E-state index contributed by atoms with van der Waals surface area (Å²) in [6, 6.07) is 10.0. The largest absolute Gasteiger partial charge is 0.490 e. The second kappa shape index (κ2) is 12.0. The number of rotatable bonds is 9. The minimum atomic E-state index is -0.602. The molecule has 7 nitrogen and oxygen atoms in total. The van der Waals surface area contributed by atoms with E-state index >= 15 is 0 Å². The topological polar surface area (TPSA) is 97.7 Å². The predicted octanol–water partition coefficient (Wildman–Crippen LogP) is 5.19. The van der Waals surface area contributed by atoms with E-state index in [1.807, 2.05) is 6.07 Å². The van der Waals surface area contributed by atoms with Crippen molar-refractivity contribution >= 4 is 46.8 Å². The molecule has 1 N–H and O–H groups in total. The van der Waals surface area contributed by atoms with E-state index in [4.69, 9.17) is 37.4 Å². The third kappa shape index (κ3) is 6.64. The predicted molar refractivity (Wildman–Crippen MR) is 123 cm³/mol. The molecule has 0 radical (unpaired) electrons. The lowest BCUT2D eigenvalue weighted by Gasteiger charge is -2.14. The van der Waals surface area contributed by atoms with E-state index in [9.17, 15) is 14.9 Å². The number of halogens is 2. The van der Waals surface area contributed by atoms with Gasteiger partial charge in [0.05, 0.1) is 18.2 Å². The molecule has 1 amide bonds. The first-order valence-corrected chi connectivity index (χ1v) is 10.5. The van der Waals surface area contributed by atoms with Crippen LogP contribution in [0.5, 0.6) is 11.5 Å². The Morgan fingerprint density at radius 1 is 1.12 bits per heavy atom. The fraction of sp³-hybridized carbons (Fsp3) is 0.261. The molecule has 0 unspecified atom stereocenters. The molecule has 0 spiro atoms. The maximum absolute atomic E-state index is 12.6. The van der Waals surface area contributed by atoms with Gasteiger partial charge in [0.25, 0.3) is 5.91 Å². The second-order valence-electron chi connectivity index (χ2n) is 6.39. The summed E-state index contributed by atoms with van der Waals surface area (Å²) >= 11 is 12.4. The third-order valence-electron chi connectivity index (χ3n) is 4.16. The lowest BCUT2D eigenvalue weighted by atomic mass is 10.1. The van der Waals surface area contributed by atoms with Crippen molar-refractivity contribution in [3.05, 3.63) is 57.1 Å².